The fraction of sp³-hybridized carbons (Fsp3) is 0.444. The Kier molecular flexibility index (Phi) is 6.61. The average Bonchev–Trinajstić information content (AvgIpc) is 2.20. The Morgan fingerprint density at radius 2 is 1.87 bits per heavy atom. The van der Waals surface area contributed by atoms with Gasteiger partial charge in [0.05, 0.1) is 12.7 Å². The van der Waals surface area contributed by atoms with Crippen molar-refractivity contribution in [2.75, 3.05) is 13.2 Å². The minimum Gasteiger partial charge on any atom is -0.498 e. The second kappa shape index (κ2) is 7.54. The van der Waals surface area contributed by atoms with E-state index in [4.69, 9.17) is 5.11 Å². The first kappa shape index (κ1) is 13.2. The minimum atomic E-state index is -1.54. The summed E-state index contributed by atoms with van der Waals surface area (Å²) in [5.74, 6) is -3.18. The number of hydrogen-bond donors (Lipinski definition) is 1. The highest BCUT2D eigenvalue weighted by atomic mass is 16.6. The van der Waals surface area contributed by atoms with Crippen LogP contribution in [0.2, 0.25) is 0 Å². The van der Waals surface area contributed by atoms with Crippen LogP contribution >= 0.6 is 0 Å². The van der Waals surface area contributed by atoms with Gasteiger partial charge in [-0.2, -0.15) is 0 Å². The molecule has 0 aliphatic heterocycles. The first-order valence-corrected chi connectivity index (χ1v) is 4.22. The molecule has 0 bridgehead atoms. The van der Waals surface area contributed by atoms with Crippen LogP contribution in [0.5, 0.6) is 0 Å². The van der Waals surface area contributed by atoms with E-state index in [1.165, 1.54) is 6.26 Å². The molecule has 15 heavy (non-hydrogen) atoms. The van der Waals surface area contributed by atoms with Gasteiger partial charge in [-0.3, -0.25) is 9.59 Å². The third-order valence-corrected chi connectivity index (χ3v) is 1.38. The van der Waals surface area contributed by atoms with Crippen molar-refractivity contribution in [3.8, 4) is 0 Å². The monoisotopic (exact) mass is 216 g/mol. The molecule has 0 amide bonds. The molecule has 0 saturated heterocycles. The highest BCUT2D eigenvalue weighted by molar-refractivity contribution is 6.32. The smallest absolute Gasteiger partial charge is 0.372 e. The Labute approximate surface area is 86.5 Å². The van der Waals surface area contributed by atoms with Crippen molar-refractivity contribution in [1.29, 1.82) is 0 Å². The highest BCUT2D eigenvalue weighted by Gasteiger charge is 2.13. The van der Waals surface area contributed by atoms with E-state index < -0.39 is 17.7 Å². The zero-order chi connectivity index (χ0) is 11.7. The van der Waals surface area contributed by atoms with Crippen molar-refractivity contribution in [2.45, 2.75) is 12.8 Å². The molecule has 0 aromatic carbocycles. The molecule has 1 N–H and O–H groups in total. The Morgan fingerprint density at radius 3 is 2.40 bits per heavy atom. The molecule has 0 aliphatic carbocycles. The number of esters is 1. The number of ketones is 1. The highest BCUT2D eigenvalue weighted by Crippen LogP contribution is 1.94. The van der Waals surface area contributed by atoms with Crippen LogP contribution in [-0.2, 0) is 23.9 Å². The number of rotatable bonds is 8. The van der Waals surface area contributed by atoms with Gasteiger partial charge in [-0.1, -0.05) is 6.58 Å². The Hall–Kier alpha value is -1.85. The molecule has 0 heterocycles. The summed E-state index contributed by atoms with van der Waals surface area (Å²) in [6.45, 7) is 3.51. The maximum absolute atomic E-state index is 10.9. The van der Waals surface area contributed by atoms with Crippen molar-refractivity contribution in [1.82, 2.24) is 0 Å². The van der Waals surface area contributed by atoms with Gasteiger partial charge in [0.15, 0.2) is 0 Å². The van der Waals surface area contributed by atoms with Crippen LogP contribution in [0.1, 0.15) is 12.8 Å². The van der Waals surface area contributed by atoms with Gasteiger partial charge in [0.2, 0.25) is 5.78 Å². The number of Topliss-reactive ketones (excluding diaryl/α,β-unsaturated/α-hetero) is 1. The van der Waals surface area contributed by atoms with E-state index >= 15 is 0 Å². The van der Waals surface area contributed by atoms with Crippen LogP contribution in [0.4, 0.5) is 0 Å². The third-order valence-electron chi connectivity index (χ3n) is 1.38. The summed E-state index contributed by atoms with van der Waals surface area (Å²) < 4.78 is 9.29. The Balaban J connectivity index is 3.53. The maximum Gasteiger partial charge on any atom is 0.372 e. The molecule has 0 radical (unpaired) electrons. The third kappa shape index (κ3) is 7.24. The molecule has 0 fully saturated rings. The molecule has 0 aliphatic rings. The van der Waals surface area contributed by atoms with Crippen molar-refractivity contribution in [3.63, 3.8) is 0 Å². The number of carboxylic acids is 1. The van der Waals surface area contributed by atoms with E-state index in [-0.39, 0.29) is 26.1 Å². The average molecular weight is 216 g/mol. The van der Waals surface area contributed by atoms with Gasteiger partial charge in [0.25, 0.3) is 0 Å². The number of carbonyl (C=O) groups excluding carboxylic acids is 2. The lowest BCUT2D eigenvalue weighted by Crippen LogP contribution is -2.16. The second-order valence-electron chi connectivity index (χ2n) is 2.49. The molecule has 0 unspecified atom stereocenters. The standard InChI is InChI=1S/C9H12O6/c1-2-14-5-6-15-8(11)4-3-7(10)9(12)13/h2H,1,3-6H2,(H,12,13). The normalized spacial score (nSPS) is 9.07. The van der Waals surface area contributed by atoms with E-state index in [1.807, 2.05) is 0 Å². The van der Waals surface area contributed by atoms with E-state index in [0.29, 0.717) is 0 Å². The van der Waals surface area contributed by atoms with Crippen LogP contribution in [-0.4, -0.2) is 36.0 Å². The molecule has 0 rings (SSSR count). The number of hydrogen-bond acceptors (Lipinski definition) is 5. The second-order valence-corrected chi connectivity index (χ2v) is 2.49. The summed E-state index contributed by atoms with van der Waals surface area (Å²) in [4.78, 5) is 31.5. The van der Waals surface area contributed by atoms with Crippen LogP contribution < -0.4 is 0 Å². The first-order valence-electron chi connectivity index (χ1n) is 4.22. The Morgan fingerprint density at radius 1 is 1.20 bits per heavy atom. The van der Waals surface area contributed by atoms with Gasteiger partial charge in [-0.15, -0.1) is 0 Å². The summed E-state index contributed by atoms with van der Waals surface area (Å²) in [5.41, 5.74) is 0. The van der Waals surface area contributed by atoms with Crippen molar-refractivity contribution < 1.29 is 29.0 Å². The van der Waals surface area contributed by atoms with Gasteiger partial charge >= 0.3 is 11.9 Å². The van der Waals surface area contributed by atoms with Gasteiger partial charge in [0, 0.05) is 6.42 Å². The van der Waals surface area contributed by atoms with E-state index in [1.54, 1.807) is 0 Å². The fourth-order valence-electron chi connectivity index (χ4n) is 0.682. The van der Waals surface area contributed by atoms with Crippen molar-refractivity contribution in [2.24, 2.45) is 0 Å². The molecule has 0 saturated carbocycles. The predicted octanol–water partition coefficient (Wildman–Crippen LogP) is 0.124. The van der Waals surface area contributed by atoms with Crippen LogP contribution in [0.3, 0.4) is 0 Å². The van der Waals surface area contributed by atoms with Gasteiger partial charge in [-0.05, 0) is 0 Å². The van der Waals surface area contributed by atoms with Crippen LogP contribution in [0, 0.1) is 0 Å². The number of ether oxygens (including phenoxy) is 2. The van der Waals surface area contributed by atoms with Crippen LogP contribution in [0.15, 0.2) is 12.8 Å². The molecular weight excluding hydrogens is 204 g/mol. The maximum atomic E-state index is 10.9. The van der Waals surface area contributed by atoms with E-state index in [2.05, 4.69) is 16.1 Å². The largest absolute Gasteiger partial charge is 0.498 e. The number of aliphatic carboxylic acids is 1. The van der Waals surface area contributed by atoms with E-state index in [0.717, 1.165) is 0 Å². The molecule has 6 heteroatoms. The number of carbonyl (C=O) groups is 3. The molecule has 6 nitrogen and oxygen atoms in total. The molecule has 84 valence electrons. The SMILES string of the molecule is C=COCCOC(=O)CCC(=O)C(=O)O. The first-order chi connectivity index (χ1) is 7.07. The summed E-state index contributed by atoms with van der Waals surface area (Å²) in [6.07, 6.45) is 0.623. The van der Waals surface area contributed by atoms with Crippen LogP contribution in [0.25, 0.3) is 0 Å². The van der Waals surface area contributed by atoms with Gasteiger partial charge in [-0.25, -0.2) is 4.79 Å². The number of carboxylic acid groups (broad SMARTS) is 1. The predicted molar refractivity (Wildman–Crippen MR) is 49.0 cm³/mol. The zero-order valence-electron chi connectivity index (χ0n) is 8.10. The summed E-state index contributed by atoms with van der Waals surface area (Å²) in [6, 6.07) is 0. The van der Waals surface area contributed by atoms with Gasteiger partial charge in [0.1, 0.15) is 13.2 Å². The van der Waals surface area contributed by atoms with Crippen molar-refractivity contribution in [3.05, 3.63) is 12.8 Å². The summed E-state index contributed by atoms with van der Waals surface area (Å²) in [5, 5.41) is 8.21. The zero-order valence-corrected chi connectivity index (χ0v) is 8.10. The molecule has 0 spiro atoms. The lowest BCUT2D eigenvalue weighted by Gasteiger charge is -2.03. The molecule has 0 aromatic heterocycles. The summed E-state index contributed by atoms with van der Waals surface area (Å²) in [7, 11) is 0. The topological polar surface area (TPSA) is 89.9 Å². The fourth-order valence-corrected chi connectivity index (χ4v) is 0.682. The minimum absolute atomic E-state index is 0.0477. The molecule has 0 aromatic rings. The van der Waals surface area contributed by atoms with Gasteiger partial charge < -0.3 is 14.6 Å². The molecule has 0 atom stereocenters. The van der Waals surface area contributed by atoms with Crippen molar-refractivity contribution >= 4 is 17.7 Å². The lowest BCUT2D eigenvalue weighted by atomic mass is 10.2. The molecular formula is C9H12O6. The van der Waals surface area contributed by atoms with E-state index in [9.17, 15) is 14.4 Å². The quantitative estimate of drug-likeness (QED) is 0.268. The summed E-state index contributed by atoms with van der Waals surface area (Å²) >= 11 is 0. The Bertz CT molecular complexity index is 257. The lowest BCUT2D eigenvalue weighted by molar-refractivity contribution is -0.151.